The number of rotatable bonds is 7. The van der Waals surface area contributed by atoms with Crippen molar-refractivity contribution < 1.29 is 9.18 Å². The minimum Gasteiger partial charge on any atom is -0.356 e. The van der Waals surface area contributed by atoms with Gasteiger partial charge in [-0.3, -0.25) is 4.79 Å². The van der Waals surface area contributed by atoms with Crippen LogP contribution in [0.1, 0.15) is 12.0 Å². The lowest BCUT2D eigenvalue weighted by molar-refractivity contribution is -0.120. The van der Waals surface area contributed by atoms with E-state index in [9.17, 15) is 9.18 Å². The number of benzene rings is 2. The Morgan fingerprint density at radius 1 is 1.05 bits per heavy atom. The van der Waals surface area contributed by atoms with Crippen LogP contribution in [0.5, 0.6) is 0 Å². The molecule has 0 saturated heterocycles. The third-order valence-electron chi connectivity index (χ3n) is 3.02. The standard InChI is InChI=1S/C17H18FNOS/c18-16-9-5-4-6-14(16)10-12-19-17(20)11-13-21-15-7-2-1-3-8-15/h1-9H,10-13H2,(H,19,20). The maximum Gasteiger partial charge on any atom is 0.220 e. The fourth-order valence-electron chi connectivity index (χ4n) is 1.90. The fourth-order valence-corrected chi connectivity index (χ4v) is 2.78. The van der Waals surface area contributed by atoms with Crippen LogP contribution in [-0.2, 0) is 11.2 Å². The van der Waals surface area contributed by atoms with Crippen LogP contribution >= 0.6 is 11.8 Å². The maximum atomic E-state index is 13.4. The second-order valence-electron chi connectivity index (χ2n) is 4.60. The van der Waals surface area contributed by atoms with Gasteiger partial charge >= 0.3 is 0 Å². The molecule has 0 unspecified atom stereocenters. The van der Waals surface area contributed by atoms with Gasteiger partial charge in [0.15, 0.2) is 0 Å². The van der Waals surface area contributed by atoms with Crippen LogP contribution in [0, 0.1) is 5.82 Å². The van der Waals surface area contributed by atoms with Crippen molar-refractivity contribution in [3.05, 3.63) is 66.0 Å². The van der Waals surface area contributed by atoms with E-state index in [4.69, 9.17) is 0 Å². The number of nitrogens with one attached hydrogen (secondary N) is 1. The van der Waals surface area contributed by atoms with E-state index < -0.39 is 0 Å². The Labute approximate surface area is 128 Å². The van der Waals surface area contributed by atoms with Crippen molar-refractivity contribution in [3.63, 3.8) is 0 Å². The zero-order chi connectivity index (χ0) is 14.9. The second-order valence-corrected chi connectivity index (χ2v) is 5.77. The van der Waals surface area contributed by atoms with Crippen LogP contribution in [0.25, 0.3) is 0 Å². The topological polar surface area (TPSA) is 29.1 Å². The average Bonchev–Trinajstić information content (AvgIpc) is 2.50. The summed E-state index contributed by atoms with van der Waals surface area (Å²) in [6.45, 7) is 0.468. The third-order valence-corrected chi connectivity index (χ3v) is 4.03. The molecule has 0 bridgehead atoms. The molecule has 110 valence electrons. The number of carbonyl (C=O) groups excluding carboxylic acids is 1. The first-order chi connectivity index (χ1) is 10.3. The quantitative estimate of drug-likeness (QED) is 0.791. The van der Waals surface area contributed by atoms with Crippen LogP contribution < -0.4 is 5.32 Å². The Kier molecular flexibility index (Phi) is 6.28. The monoisotopic (exact) mass is 303 g/mol. The highest BCUT2D eigenvalue weighted by molar-refractivity contribution is 7.99. The molecule has 2 nitrogen and oxygen atoms in total. The highest BCUT2D eigenvalue weighted by atomic mass is 32.2. The van der Waals surface area contributed by atoms with Crippen molar-refractivity contribution in [2.45, 2.75) is 17.7 Å². The molecule has 0 aliphatic heterocycles. The largest absolute Gasteiger partial charge is 0.356 e. The highest BCUT2D eigenvalue weighted by Crippen LogP contribution is 2.17. The average molecular weight is 303 g/mol. The minimum atomic E-state index is -0.216. The zero-order valence-corrected chi connectivity index (χ0v) is 12.5. The third kappa shape index (κ3) is 5.60. The summed E-state index contributed by atoms with van der Waals surface area (Å²) >= 11 is 1.66. The second kappa shape index (κ2) is 8.47. The van der Waals surface area contributed by atoms with Gasteiger partial charge in [0.1, 0.15) is 5.82 Å². The summed E-state index contributed by atoms with van der Waals surface area (Å²) in [6, 6.07) is 16.6. The van der Waals surface area contributed by atoms with Gasteiger partial charge in [0, 0.05) is 23.6 Å². The lowest BCUT2D eigenvalue weighted by Gasteiger charge is -2.06. The fraction of sp³-hybridized carbons (Fsp3) is 0.235. The molecular weight excluding hydrogens is 285 g/mol. The lowest BCUT2D eigenvalue weighted by atomic mass is 10.1. The molecule has 0 aromatic heterocycles. The normalized spacial score (nSPS) is 10.3. The summed E-state index contributed by atoms with van der Waals surface area (Å²) in [4.78, 5) is 12.9. The first-order valence-corrected chi connectivity index (χ1v) is 7.92. The van der Waals surface area contributed by atoms with Gasteiger partial charge < -0.3 is 5.32 Å². The molecule has 2 rings (SSSR count). The van der Waals surface area contributed by atoms with Crippen LogP contribution in [-0.4, -0.2) is 18.2 Å². The van der Waals surface area contributed by atoms with Crippen LogP contribution in [0.2, 0.25) is 0 Å². The van der Waals surface area contributed by atoms with Crippen molar-refractivity contribution in [2.75, 3.05) is 12.3 Å². The molecule has 0 radical (unpaired) electrons. The number of hydrogen-bond donors (Lipinski definition) is 1. The van der Waals surface area contributed by atoms with E-state index in [0.717, 1.165) is 10.6 Å². The maximum absolute atomic E-state index is 13.4. The summed E-state index contributed by atoms with van der Waals surface area (Å²) in [6.07, 6.45) is 0.987. The molecule has 21 heavy (non-hydrogen) atoms. The van der Waals surface area contributed by atoms with Crippen LogP contribution in [0.15, 0.2) is 59.5 Å². The van der Waals surface area contributed by atoms with Crippen LogP contribution in [0.4, 0.5) is 4.39 Å². The van der Waals surface area contributed by atoms with E-state index >= 15 is 0 Å². The molecule has 0 aliphatic carbocycles. The zero-order valence-electron chi connectivity index (χ0n) is 11.7. The van der Waals surface area contributed by atoms with Gasteiger partial charge in [-0.1, -0.05) is 36.4 Å². The lowest BCUT2D eigenvalue weighted by Crippen LogP contribution is -2.26. The summed E-state index contributed by atoms with van der Waals surface area (Å²) in [5, 5.41) is 2.83. The van der Waals surface area contributed by atoms with E-state index in [-0.39, 0.29) is 11.7 Å². The van der Waals surface area contributed by atoms with Gasteiger partial charge in [0.05, 0.1) is 0 Å². The molecular formula is C17H18FNOS. The van der Waals surface area contributed by atoms with E-state index in [2.05, 4.69) is 5.32 Å². The molecule has 0 spiro atoms. The van der Waals surface area contributed by atoms with Crippen molar-refractivity contribution in [3.8, 4) is 0 Å². The Morgan fingerprint density at radius 3 is 2.52 bits per heavy atom. The number of thioether (sulfide) groups is 1. The van der Waals surface area contributed by atoms with Crippen molar-refractivity contribution in [1.82, 2.24) is 5.32 Å². The summed E-state index contributed by atoms with van der Waals surface area (Å²) in [5.41, 5.74) is 0.636. The molecule has 2 aromatic carbocycles. The van der Waals surface area contributed by atoms with Gasteiger partial charge in [0.2, 0.25) is 5.91 Å². The van der Waals surface area contributed by atoms with E-state index in [0.29, 0.717) is 24.9 Å². The summed E-state index contributed by atoms with van der Waals surface area (Å²) < 4.78 is 13.4. The smallest absolute Gasteiger partial charge is 0.220 e. The molecule has 0 saturated carbocycles. The van der Waals surface area contributed by atoms with E-state index in [1.54, 1.807) is 30.0 Å². The van der Waals surface area contributed by atoms with Gasteiger partial charge in [-0.2, -0.15) is 0 Å². The number of hydrogen-bond acceptors (Lipinski definition) is 2. The summed E-state index contributed by atoms with van der Waals surface area (Å²) in [5.74, 6) is 0.538. The Bertz CT molecular complexity index is 574. The minimum absolute atomic E-state index is 0.00905. The van der Waals surface area contributed by atoms with Gasteiger partial charge in [-0.05, 0) is 30.2 Å². The summed E-state index contributed by atoms with van der Waals surface area (Å²) in [7, 11) is 0. The van der Waals surface area contributed by atoms with Gasteiger partial charge in [-0.15, -0.1) is 11.8 Å². The van der Waals surface area contributed by atoms with Crippen molar-refractivity contribution >= 4 is 17.7 Å². The van der Waals surface area contributed by atoms with Crippen LogP contribution in [0.3, 0.4) is 0 Å². The van der Waals surface area contributed by atoms with Gasteiger partial charge in [-0.25, -0.2) is 4.39 Å². The molecule has 1 N–H and O–H groups in total. The molecule has 2 aromatic rings. The molecule has 1 amide bonds. The first kappa shape index (κ1) is 15.6. The molecule has 0 aliphatic rings. The Balaban J connectivity index is 1.63. The Morgan fingerprint density at radius 2 is 1.76 bits per heavy atom. The number of carbonyl (C=O) groups is 1. The highest BCUT2D eigenvalue weighted by Gasteiger charge is 2.04. The first-order valence-electron chi connectivity index (χ1n) is 6.93. The van der Waals surface area contributed by atoms with Gasteiger partial charge in [0.25, 0.3) is 0 Å². The molecule has 0 heterocycles. The van der Waals surface area contributed by atoms with Crippen molar-refractivity contribution in [2.24, 2.45) is 0 Å². The Hall–Kier alpha value is -1.81. The van der Waals surface area contributed by atoms with Crippen molar-refractivity contribution in [1.29, 1.82) is 0 Å². The SMILES string of the molecule is O=C(CCSc1ccccc1)NCCc1ccccc1F. The van der Waals surface area contributed by atoms with E-state index in [1.165, 1.54) is 6.07 Å². The van der Waals surface area contributed by atoms with E-state index in [1.807, 2.05) is 30.3 Å². The number of amides is 1. The molecule has 0 atom stereocenters. The molecule has 4 heteroatoms. The number of halogens is 1. The molecule has 0 fully saturated rings. The predicted molar refractivity (Wildman–Crippen MR) is 84.9 cm³/mol. The predicted octanol–water partition coefficient (Wildman–Crippen LogP) is 3.67.